The first-order chi connectivity index (χ1) is 5.95. The highest BCUT2D eigenvalue weighted by Crippen LogP contribution is 2.65. The predicted molar refractivity (Wildman–Crippen MR) is 52.2 cm³/mol. The third-order valence-electron chi connectivity index (χ3n) is 4.92. The topological polar surface area (TPSA) is 43.1 Å². The lowest BCUT2D eigenvalue weighted by atomic mass is 9.70. The van der Waals surface area contributed by atoms with Crippen LogP contribution in [0.2, 0.25) is 0 Å². The van der Waals surface area contributed by atoms with Crippen molar-refractivity contribution < 1.29 is 4.79 Å². The Morgan fingerprint density at radius 2 is 2.08 bits per heavy atom. The van der Waals surface area contributed by atoms with Crippen molar-refractivity contribution in [3.63, 3.8) is 0 Å². The average molecular weight is 181 g/mol. The van der Waals surface area contributed by atoms with E-state index >= 15 is 0 Å². The number of hydrogen-bond acceptors (Lipinski definition) is 2. The minimum atomic E-state index is -0.0816. The first-order valence-corrected chi connectivity index (χ1v) is 5.19. The van der Waals surface area contributed by atoms with Gasteiger partial charge in [-0.2, -0.15) is 0 Å². The first kappa shape index (κ1) is 9.20. The summed E-state index contributed by atoms with van der Waals surface area (Å²) in [6, 6.07) is 0. The van der Waals surface area contributed by atoms with Gasteiger partial charge in [0.25, 0.3) is 0 Å². The molecule has 0 aromatic carbocycles. The molecule has 3 atom stereocenters. The van der Waals surface area contributed by atoms with Gasteiger partial charge in [-0.15, -0.1) is 0 Å². The number of Topliss-reactive ketones (excluding diaryl/α,β-unsaturated/α-hetero) is 1. The lowest BCUT2D eigenvalue weighted by Gasteiger charge is -2.32. The van der Waals surface area contributed by atoms with Gasteiger partial charge in [0.2, 0.25) is 0 Å². The van der Waals surface area contributed by atoms with E-state index in [0.29, 0.717) is 18.2 Å². The van der Waals surface area contributed by atoms with Crippen LogP contribution in [0.15, 0.2) is 0 Å². The quantitative estimate of drug-likeness (QED) is 0.667. The summed E-state index contributed by atoms with van der Waals surface area (Å²) in [7, 11) is 0. The molecule has 0 radical (unpaired) electrons. The Morgan fingerprint density at radius 3 is 2.38 bits per heavy atom. The third-order valence-corrected chi connectivity index (χ3v) is 4.92. The van der Waals surface area contributed by atoms with E-state index in [-0.39, 0.29) is 16.7 Å². The van der Waals surface area contributed by atoms with Gasteiger partial charge in [-0.05, 0) is 24.2 Å². The van der Waals surface area contributed by atoms with Crippen molar-refractivity contribution in [3.8, 4) is 0 Å². The van der Waals surface area contributed by atoms with E-state index in [1.165, 1.54) is 6.42 Å². The largest absolute Gasteiger partial charge is 0.330 e. The van der Waals surface area contributed by atoms with Gasteiger partial charge in [0, 0.05) is 17.9 Å². The first-order valence-electron chi connectivity index (χ1n) is 5.19. The van der Waals surface area contributed by atoms with Crippen molar-refractivity contribution >= 4 is 5.78 Å². The molecule has 2 heteroatoms. The van der Waals surface area contributed by atoms with Crippen molar-refractivity contribution in [2.24, 2.45) is 28.4 Å². The lowest BCUT2D eigenvalue weighted by molar-refractivity contribution is -0.131. The molecule has 74 valence electrons. The number of rotatable bonds is 1. The van der Waals surface area contributed by atoms with Crippen LogP contribution in [0.25, 0.3) is 0 Å². The Morgan fingerprint density at radius 1 is 1.46 bits per heavy atom. The van der Waals surface area contributed by atoms with E-state index in [1.54, 1.807) is 0 Å². The molecule has 0 aromatic rings. The molecule has 0 aliphatic heterocycles. The van der Waals surface area contributed by atoms with Gasteiger partial charge in [-0.3, -0.25) is 4.79 Å². The Labute approximate surface area is 79.9 Å². The fraction of sp³-hybridized carbons (Fsp3) is 0.909. The molecule has 2 rings (SSSR count). The minimum Gasteiger partial charge on any atom is -0.330 e. The summed E-state index contributed by atoms with van der Waals surface area (Å²) in [5.74, 6) is 1.11. The highest BCUT2D eigenvalue weighted by molar-refractivity contribution is 5.91. The van der Waals surface area contributed by atoms with Gasteiger partial charge in [0.05, 0.1) is 0 Å². The van der Waals surface area contributed by atoms with Crippen molar-refractivity contribution in [1.82, 2.24) is 0 Å². The monoisotopic (exact) mass is 181 g/mol. The zero-order chi connectivity index (χ0) is 9.85. The van der Waals surface area contributed by atoms with E-state index in [2.05, 4.69) is 20.8 Å². The maximum Gasteiger partial charge on any atom is 0.143 e. The van der Waals surface area contributed by atoms with Gasteiger partial charge in [-0.25, -0.2) is 0 Å². The summed E-state index contributed by atoms with van der Waals surface area (Å²) >= 11 is 0. The standard InChI is InChI=1S/C11H19NO/c1-10(2)8-4-5-11(10,3)9(13)7(8)6-12/h7-8H,4-6,12H2,1-3H3/t7-,8+,11-/m0/s1. The van der Waals surface area contributed by atoms with Crippen molar-refractivity contribution in [3.05, 3.63) is 0 Å². The highest BCUT2D eigenvalue weighted by atomic mass is 16.1. The summed E-state index contributed by atoms with van der Waals surface area (Å²) in [5.41, 5.74) is 5.76. The van der Waals surface area contributed by atoms with Crippen LogP contribution in [-0.2, 0) is 4.79 Å². The summed E-state index contributed by atoms with van der Waals surface area (Å²) < 4.78 is 0. The molecule has 13 heavy (non-hydrogen) atoms. The van der Waals surface area contributed by atoms with E-state index in [9.17, 15) is 4.79 Å². The fourth-order valence-corrected chi connectivity index (χ4v) is 3.54. The molecule has 0 saturated heterocycles. The van der Waals surface area contributed by atoms with Crippen molar-refractivity contribution in [2.75, 3.05) is 6.54 Å². The summed E-state index contributed by atoms with van der Waals surface area (Å²) in [4.78, 5) is 12.1. The Balaban J connectivity index is 2.44. The van der Waals surface area contributed by atoms with Crippen LogP contribution in [0.4, 0.5) is 0 Å². The number of nitrogens with two attached hydrogens (primary N) is 1. The maximum absolute atomic E-state index is 12.1. The molecule has 2 aliphatic carbocycles. The smallest absolute Gasteiger partial charge is 0.143 e. The van der Waals surface area contributed by atoms with Crippen LogP contribution in [0.3, 0.4) is 0 Å². The van der Waals surface area contributed by atoms with Crippen LogP contribution >= 0.6 is 0 Å². The van der Waals surface area contributed by atoms with Crippen molar-refractivity contribution in [1.29, 1.82) is 0 Å². The Bertz CT molecular complexity index is 259. The van der Waals surface area contributed by atoms with Crippen molar-refractivity contribution in [2.45, 2.75) is 33.6 Å². The molecule has 0 unspecified atom stereocenters. The molecule has 2 nitrogen and oxygen atoms in total. The molecule has 2 saturated carbocycles. The lowest BCUT2D eigenvalue weighted by Crippen LogP contribution is -2.35. The van der Waals surface area contributed by atoms with Gasteiger partial charge in [0.15, 0.2) is 0 Å². The average Bonchev–Trinajstić information content (AvgIpc) is 2.36. The number of hydrogen-bond donors (Lipinski definition) is 1. The molecule has 2 N–H and O–H groups in total. The van der Waals surface area contributed by atoms with Crippen LogP contribution in [0.1, 0.15) is 33.6 Å². The molecule has 0 amide bonds. The van der Waals surface area contributed by atoms with Gasteiger partial charge >= 0.3 is 0 Å². The Hall–Kier alpha value is -0.370. The van der Waals surface area contributed by atoms with Crippen LogP contribution in [-0.4, -0.2) is 12.3 Å². The second kappa shape index (κ2) is 2.35. The number of carbonyl (C=O) groups excluding carboxylic acids is 1. The number of fused-ring (bicyclic) bond motifs is 2. The third kappa shape index (κ3) is 0.804. The van der Waals surface area contributed by atoms with E-state index in [1.807, 2.05) is 0 Å². The van der Waals surface area contributed by atoms with Gasteiger partial charge in [-0.1, -0.05) is 20.8 Å². The summed E-state index contributed by atoms with van der Waals surface area (Å²) in [5, 5.41) is 0. The molecule has 2 aliphatic rings. The van der Waals surface area contributed by atoms with Gasteiger partial charge < -0.3 is 5.73 Å². The van der Waals surface area contributed by atoms with E-state index in [0.717, 1.165) is 6.42 Å². The molecule has 0 spiro atoms. The molecular weight excluding hydrogens is 162 g/mol. The molecule has 0 heterocycles. The SMILES string of the molecule is CC1(C)[C@@H]2CC[C@@]1(C)C(=O)[C@H]2CN. The highest BCUT2D eigenvalue weighted by Gasteiger charge is 2.65. The second-order valence-corrected chi connectivity index (χ2v) is 5.41. The zero-order valence-electron chi connectivity index (χ0n) is 8.76. The fourth-order valence-electron chi connectivity index (χ4n) is 3.54. The van der Waals surface area contributed by atoms with E-state index < -0.39 is 0 Å². The Kier molecular flexibility index (Phi) is 1.66. The summed E-state index contributed by atoms with van der Waals surface area (Å²) in [6.45, 7) is 7.14. The maximum atomic E-state index is 12.1. The normalized spacial score (nSPS) is 47.2. The van der Waals surface area contributed by atoms with E-state index in [4.69, 9.17) is 5.73 Å². The second-order valence-electron chi connectivity index (χ2n) is 5.41. The minimum absolute atomic E-state index is 0.0816. The zero-order valence-corrected chi connectivity index (χ0v) is 8.76. The molecule has 0 aromatic heterocycles. The molecule has 2 bridgehead atoms. The van der Waals surface area contributed by atoms with Crippen LogP contribution < -0.4 is 5.73 Å². The summed E-state index contributed by atoms with van der Waals surface area (Å²) in [6.07, 6.45) is 2.26. The number of ketones is 1. The molecular formula is C11H19NO. The molecule has 2 fully saturated rings. The predicted octanol–water partition coefficient (Wildman–Crippen LogP) is 1.59. The van der Waals surface area contributed by atoms with Gasteiger partial charge in [0.1, 0.15) is 5.78 Å². The number of carbonyl (C=O) groups is 1. The van der Waals surface area contributed by atoms with Crippen LogP contribution in [0, 0.1) is 22.7 Å². The van der Waals surface area contributed by atoms with Crippen LogP contribution in [0.5, 0.6) is 0 Å².